The Morgan fingerprint density at radius 3 is 2.55 bits per heavy atom. The van der Waals surface area contributed by atoms with Crippen LogP contribution in [0.3, 0.4) is 0 Å². The second-order valence-electron chi connectivity index (χ2n) is 6.79. The molecule has 12 heteroatoms. The molecule has 2 heterocycles. The molecule has 0 spiro atoms. The highest BCUT2D eigenvalue weighted by Gasteiger charge is 2.31. The summed E-state index contributed by atoms with van der Waals surface area (Å²) in [6.07, 6.45) is -4.12. The number of hydrogen-bond acceptors (Lipinski definition) is 6. The molecule has 0 saturated carbocycles. The monoisotopic (exact) mass is 513 g/mol. The first-order valence-electron chi connectivity index (χ1n) is 9.53. The number of anilines is 1. The van der Waals surface area contributed by atoms with E-state index in [0.29, 0.717) is 38.6 Å². The molecule has 0 saturated heterocycles. The van der Waals surface area contributed by atoms with Crippen molar-refractivity contribution in [2.24, 2.45) is 0 Å². The van der Waals surface area contributed by atoms with Gasteiger partial charge in [-0.05, 0) is 48.5 Å². The van der Waals surface area contributed by atoms with Gasteiger partial charge in [-0.3, -0.25) is 14.2 Å². The molecule has 1 aliphatic rings. The van der Waals surface area contributed by atoms with Crippen LogP contribution in [0.25, 0.3) is 5.69 Å². The Hall–Kier alpha value is -2.63. The summed E-state index contributed by atoms with van der Waals surface area (Å²) in [6, 6.07) is 11.5. The molecule has 0 bridgehead atoms. The zero-order valence-electron chi connectivity index (χ0n) is 16.7. The highest BCUT2D eigenvalue weighted by Crippen LogP contribution is 2.30. The van der Waals surface area contributed by atoms with Crippen LogP contribution in [0.1, 0.15) is 5.69 Å². The van der Waals surface area contributed by atoms with Gasteiger partial charge >= 0.3 is 6.36 Å². The van der Waals surface area contributed by atoms with Crippen molar-refractivity contribution in [3.05, 3.63) is 69.6 Å². The Morgan fingerprint density at radius 1 is 1.18 bits per heavy atom. The number of alkyl halides is 3. The molecule has 2 aromatic carbocycles. The number of rotatable bonds is 6. The summed E-state index contributed by atoms with van der Waals surface area (Å²) in [7, 11) is 0. The molecule has 1 aliphatic heterocycles. The minimum Gasteiger partial charge on any atom is -0.406 e. The number of aryl methyl sites for hydroxylation is 1. The predicted molar refractivity (Wildman–Crippen MR) is 122 cm³/mol. The number of ether oxygens (including phenoxy) is 1. The molecule has 1 N–H and O–H groups in total. The number of fused-ring (bicyclic) bond motifs is 1. The van der Waals surface area contributed by atoms with Crippen molar-refractivity contribution in [3.8, 4) is 11.4 Å². The maximum Gasteiger partial charge on any atom is 0.573 e. The number of carbonyl (C=O) groups excluding carboxylic acids is 1. The molecule has 1 amide bonds. The van der Waals surface area contributed by atoms with Gasteiger partial charge in [0, 0.05) is 22.9 Å². The van der Waals surface area contributed by atoms with E-state index >= 15 is 0 Å². The number of amides is 1. The van der Waals surface area contributed by atoms with Gasteiger partial charge in [0.1, 0.15) is 5.75 Å². The Labute approximate surface area is 199 Å². The summed E-state index contributed by atoms with van der Waals surface area (Å²) in [4.78, 5) is 30.7. The average Bonchev–Trinajstić information content (AvgIpc) is 3.23. The molecule has 0 fully saturated rings. The number of benzene rings is 2. The van der Waals surface area contributed by atoms with E-state index in [2.05, 4.69) is 15.0 Å². The van der Waals surface area contributed by atoms with Crippen LogP contribution < -0.4 is 15.6 Å². The third-order valence-electron chi connectivity index (χ3n) is 4.46. The summed E-state index contributed by atoms with van der Waals surface area (Å²) in [5, 5.41) is 3.49. The van der Waals surface area contributed by atoms with E-state index in [-0.39, 0.29) is 17.1 Å². The fourth-order valence-corrected chi connectivity index (χ4v) is 5.05. The molecule has 0 atom stereocenters. The van der Waals surface area contributed by atoms with E-state index in [1.807, 2.05) is 0 Å². The Bertz CT molecular complexity index is 1230. The maximum absolute atomic E-state index is 13.1. The molecular weight excluding hydrogens is 499 g/mol. The normalized spacial score (nSPS) is 13.0. The Balaban J connectivity index is 1.50. The highest BCUT2D eigenvalue weighted by atomic mass is 35.5. The summed E-state index contributed by atoms with van der Waals surface area (Å²) < 4.78 is 42.1. The standard InChI is InChI=1S/C21H15ClF3N3O3S2/c22-12-1-5-14(6-2-12)28-19(30)18-16(9-10-32-18)27-20(28)33-11-17(29)26-13-3-7-15(8-4-13)31-21(23,24)25/h1-8H,9-11H2,(H,26,29). The first kappa shape index (κ1) is 23.5. The number of nitrogens with zero attached hydrogens (tertiary/aromatic N) is 2. The van der Waals surface area contributed by atoms with Crippen LogP contribution in [0.5, 0.6) is 5.75 Å². The zero-order chi connectivity index (χ0) is 23.6. The minimum atomic E-state index is -4.79. The zero-order valence-corrected chi connectivity index (χ0v) is 19.1. The number of nitrogens with one attached hydrogen (secondary N) is 1. The van der Waals surface area contributed by atoms with Gasteiger partial charge in [0.2, 0.25) is 5.91 Å². The molecule has 0 unspecified atom stereocenters. The van der Waals surface area contributed by atoms with E-state index < -0.39 is 12.3 Å². The lowest BCUT2D eigenvalue weighted by Crippen LogP contribution is -2.24. The third kappa shape index (κ3) is 5.84. The van der Waals surface area contributed by atoms with Gasteiger partial charge in [0.15, 0.2) is 5.16 Å². The second-order valence-corrected chi connectivity index (χ2v) is 9.28. The Morgan fingerprint density at radius 2 is 1.88 bits per heavy atom. The summed E-state index contributed by atoms with van der Waals surface area (Å²) in [5.74, 6) is -0.0912. The van der Waals surface area contributed by atoms with Crippen molar-refractivity contribution < 1.29 is 22.7 Å². The van der Waals surface area contributed by atoms with Crippen molar-refractivity contribution in [2.45, 2.75) is 22.8 Å². The molecule has 0 radical (unpaired) electrons. The molecule has 3 aromatic rings. The van der Waals surface area contributed by atoms with Crippen molar-refractivity contribution in [2.75, 3.05) is 16.8 Å². The van der Waals surface area contributed by atoms with Gasteiger partial charge in [-0.1, -0.05) is 23.4 Å². The molecule has 33 heavy (non-hydrogen) atoms. The van der Waals surface area contributed by atoms with Gasteiger partial charge in [-0.25, -0.2) is 4.98 Å². The fraction of sp³-hybridized carbons (Fsp3) is 0.190. The third-order valence-corrected chi connectivity index (χ3v) is 6.75. The van der Waals surface area contributed by atoms with Crippen molar-refractivity contribution >= 4 is 46.7 Å². The topological polar surface area (TPSA) is 73.2 Å². The summed E-state index contributed by atoms with van der Waals surface area (Å²) in [5.41, 5.74) is 1.39. The number of aromatic nitrogens is 2. The first-order chi connectivity index (χ1) is 15.7. The molecule has 4 rings (SSSR count). The van der Waals surface area contributed by atoms with Gasteiger partial charge in [-0.2, -0.15) is 0 Å². The molecule has 1 aromatic heterocycles. The van der Waals surface area contributed by atoms with Crippen LogP contribution in [0, 0.1) is 0 Å². The average molecular weight is 514 g/mol. The van der Waals surface area contributed by atoms with Gasteiger partial charge in [-0.15, -0.1) is 24.9 Å². The maximum atomic E-state index is 13.1. The van der Waals surface area contributed by atoms with Crippen LogP contribution in [-0.4, -0.2) is 33.3 Å². The fourth-order valence-electron chi connectivity index (χ4n) is 3.07. The SMILES string of the molecule is O=C(CSc1nc2c(c(=O)n1-c1ccc(Cl)cc1)SCC2)Nc1ccc(OC(F)(F)F)cc1. The van der Waals surface area contributed by atoms with Crippen molar-refractivity contribution in [1.82, 2.24) is 9.55 Å². The first-order valence-corrected chi connectivity index (χ1v) is 11.9. The van der Waals surface area contributed by atoms with Crippen molar-refractivity contribution in [3.63, 3.8) is 0 Å². The van der Waals surface area contributed by atoms with Gasteiger partial charge in [0.25, 0.3) is 5.56 Å². The second kappa shape index (κ2) is 9.70. The lowest BCUT2D eigenvalue weighted by Gasteiger charge is -2.14. The molecular formula is C21H15ClF3N3O3S2. The van der Waals surface area contributed by atoms with E-state index in [4.69, 9.17) is 11.6 Å². The highest BCUT2D eigenvalue weighted by molar-refractivity contribution is 8.00. The lowest BCUT2D eigenvalue weighted by molar-refractivity contribution is -0.274. The van der Waals surface area contributed by atoms with Crippen LogP contribution in [0.4, 0.5) is 18.9 Å². The number of hydrogen-bond donors (Lipinski definition) is 1. The summed E-state index contributed by atoms with van der Waals surface area (Å²) >= 11 is 8.51. The van der Waals surface area contributed by atoms with E-state index in [1.54, 1.807) is 24.3 Å². The van der Waals surface area contributed by atoms with Crippen LogP contribution >= 0.6 is 35.1 Å². The number of thioether (sulfide) groups is 2. The van der Waals surface area contributed by atoms with E-state index in [0.717, 1.165) is 29.6 Å². The number of carbonyl (C=O) groups is 1. The quantitative estimate of drug-likeness (QED) is 0.362. The van der Waals surface area contributed by atoms with Gasteiger partial charge < -0.3 is 10.1 Å². The molecule has 0 aliphatic carbocycles. The molecule has 6 nitrogen and oxygen atoms in total. The van der Waals surface area contributed by atoms with Crippen LogP contribution in [-0.2, 0) is 11.2 Å². The van der Waals surface area contributed by atoms with Crippen LogP contribution in [0.2, 0.25) is 5.02 Å². The lowest BCUT2D eigenvalue weighted by atomic mass is 10.3. The minimum absolute atomic E-state index is 0.0627. The van der Waals surface area contributed by atoms with Crippen molar-refractivity contribution in [1.29, 1.82) is 0 Å². The molecule has 172 valence electrons. The summed E-state index contributed by atoms with van der Waals surface area (Å²) in [6.45, 7) is 0. The smallest absolute Gasteiger partial charge is 0.406 e. The van der Waals surface area contributed by atoms with E-state index in [9.17, 15) is 22.8 Å². The van der Waals surface area contributed by atoms with Crippen LogP contribution in [0.15, 0.2) is 63.4 Å². The Kier molecular flexibility index (Phi) is 6.91. The predicted octanol–water partition coefficient (Wildman–Crippen LogP) is 5.16. The van der Waals surface area contributed by atoms with Gasteiger partial charge in [0.05, 0.1) is 22.0 Å². The number of halogens is 4. The largest absolute Gasteiger partial charge is 0.573 e. The van der Waals surface area contributed by atoms with E-state index in [1.165, 1.54) is 28.5 Å².